The number of likely N-dealkylation sites (tertiary alicyclic amines) is 1. The summed E-state index contributed by atoms with van der Waals surface area (Å²) in [6, 6.07) is 6.33. The third-order valence-electron chi connectivity index (χ3n) is 6.62. The molecule has 1 saturated heterocycles. The molecule has 5 aliphatic rings. The average Bonchev–Trinajstić information content (AvgIpc) is 3.48. The summed E-state index contributed by atoms with van der Waals surface area (Å²) in [7, 11) is 1.28. The Hall–Kier alpha value is -2.96. The number of ether oxygens (including phenoxy) is 1. The minimum atomic E-state index is -0.508. The molecule has 6 atom stereocenters. The molecular formula is C21H20N2O5. The first kappa shape index (κ1) is 17.2. The van der Waals surface area contributed by atoms with Crippen molar-refractivity contribution in [2.75, 3.05) is 19.0 Å². The van der Waals surface area contributed by atoms with Crippen molar-refractivity contribution in [3.05, 3.63) is 42.0 Å². The maximum absolute atomic E-state index is 12.9. The fraction of sp³-hybridized carbons (Fsp3) is 0.429. The zero-order chi connectivity index (χ0) is 19.6. The number of esters is 1. The fourth-order valence-electron chi connectivity index (χ4n) is 5.36. The van der Waals surface area contributed by atoms with E-state index >= 15 is 0 Å². The van der Waals surface area contributed by atoms with Gasteiger partial charge in [-0.25, -0.2) is 4.79 Å². The standard InChI is InChI=1S/C21H20N2O5/c1-28-21(27)10-3-2-4-11(7-10)22-16(24)9-23-19(25)17-12-5-6-13(15-8-14(12)15)18(17)20(23)26/h2-7,12-15,17-18H,8-9H2,1H3,(H,22,24)/t12-,13-,14-,15-,17-,18+/m0/s1. The number of rotatable bonds is 4. The van der Waals surface area contributed by atoms with Gasteiger partial charge in [-0.2, -0.15) is 0 Å². The maximum atomic E-state index is 12.9. The van der Waals surface area contributed by atoms with E-state index in [1.807, 2.05) is 0 Å². The Morgan fingerprint density at radius 1 is 1.11 bits per heavy atom. The molecule has 1 heterocycles. The fourth-order valence-corrected chi connectivity index (χ4v) is 5.36. The molecule has 1 aromatic carbocycles. The van der Waals surface area contributed by atoms with Crippen LogP contribution in [0.3, 0.4) is 0 Å². The van der Waals surface area contributed by atoms with Gasteiger partial charge in [-0.15, -0.1) is 0 Å². The molecule has 3 amide bonds. The molecular weight excluding hydrogens is 360 g/mol. The summed E-state index contributed by atoms with van der Waals surface area (Å²) >= 11 is 0. The topological polar surface area (TPSA) is 92.8 Å². The van der Waals surface area contributed by atoms with Crippen molar-refractivity contribution in [2.24, 2.45) is 35.5 Å². The minimum absolute atomic E-state index is 0.140. The zero-order valence-electron chi connectivity index (χ0n) is 15.3. The lowest BCUT2D eigenvalue weighted by molar-refractivity contribution is -0.142. The van der Waals surface area contributed by atoms with E-state index in [0.717, 1.165) is 11.3 Å². The van der Waals surface area contributed by atoms with E-state index in [9.17, 15) is 19.2 Å². The first-order valence-electron chi connectivity index (χ1n) is 9.51. The van der Waals surface area contributed by atoms with Crippen LogP contribution in [0.15, 0.2) is 36.4 Å². The number of anilines is 1. The van der Waals surface area contributed by atoms with Gasteiger partial charge in [0.15, 0.2) is 0 Å². The Morgan fingerprint density at radius 3 is 2.36 bits per heavy atom. The summed E-state index contributed by atoms with van der Waals surface area (Å²) in [6.45, 7) is -0.304. The third-order valence-corrected chi connectivity index (χ3v) is 6.62. The monoisotopic (exact) mass is 380 g/mol. The Labute approximate surface area is 161 Å². The van der Waals surface area contributed by atoms with Crippen LogP contribution < -0.4 is 5.32 Å². The van der Waals surface area contributed by atoms with Gasteiger partial charge >= 0.3 is 5.97 Å². The predicted molar refractivity (Wildman–Crippen MR) is 97.8 cm³/mol. The van der Waals surface area contributed by atoms with E-state index in [-0.39, 0.29) is 42.0 Å². The number of allylic oxidation sites excluding steroid dienone is 2. The first-order valence-corrected chi connectivity index (χ1v) is 9.51. The summed E-state index contributed by atoms with van der Waals surface area (Å²) in [5, 5.41) is 2.66. The van der Waals surface area contributed by atoms with Crippen molar-refractivity contribution in [1.82, 2.24) is 4.90 Å². The van der Waals surface area contributed by atoms with Crippen LogP contribution in [0.25, 0.3) is 0 Å². The Morgan fingerprint density at radius 2 is 1.75 bits per heavy atom. The predicted octanol–water partition coefficient (Wildman–Crippen LogP) is 1.46. The summed E-state index contributed by atoms with van der Waals surface area (Å²) in [4.78, 5) is 51.0. The van der Waals surface area contributed by atoms with Gasteiger partial charge in [-0.05, 0) is 48.3 Å². The Kier molecular flexibility index (Phi) is 3.69. The molecule has 0 unspecified atom stereocenters. The highest BCUT2D eigenvalue weighted by molar-refractivity contribution is 6.09. The molecule has 3 fully saturated rings. The van der Waals surface area contributed by atoms with E-state index in [2.05, 4.69) is 22.2 Å². The molecule has 28 heavy (non-hydrogen) atoms. The lowest BCUT2D eigenvalue weighted by Crippen LogP contribution is -2.40. The number of imide groups is 1. The minimum Gasteiger partial charge on any atom is -0.465 e. The van der Waals surface area contributed by atoms with E-state index in [0.29, 0.717) is 23.1 Å². The summed E-state index contributed by atoms with van der Waals surface area (Å²) in [6.07, 6.45) is 5.31. The van der Waals surface area contributed by atoms with Crippen molar-refractivity contribution >= 4 is 29.4 Å². The number of carbonyl (C=O) groups is 4. The van der Waals surface area contributed by atoms with Gasteiger partial charge in [0.05, 0.1) is 24.5 Å². The van der Waals surface area contributed by atoms with Crippen LogP contribution in [-0.2, 0) is 19.1 Å². The number of nitrogens with zero attached hydrogens (tertiary/aromatic N) is 1. The molecule has 0 spiro atoms. The number of hydrogen-bond donors (Lipinski definition) is 1. The van der Waals surface area contributed by atoms with Crippen LogP contribution in [0.2, 0.25) is 0 Å². The highest BCUT2D eigenvalue weighted by Gasteiger charge is 2.67. The Balaban J connectivity index is 1.29. The van der Waals surface area contributed by atoms with Crippen molar-refractivity contribution in [1.29, 1.82) is 0 Å². The van der Waals surface area contributed by atoms with Gasteiger partial charge in [0.25, 0.3) is 0 Å². The molecule has 2 saturated carbocycles. The quantitative estimate of drug-likeness (QED) is 0.485. The van der Waals surface area contributed by atoms with Crippen molar-refractivity contribution in [3.8, 4) is 0 Å². The molecule has 7 heteroatoms. The van der Waals surface area contributed by atoms with Crippen molar-refractivity contribution < 1.29 is 23.9 Å². The van der Waals surface area contributed by atoms with Crippen LogP contribution in [0.5, 0.6) is 0 Å². The normalized spacial score (nSPS) is 34.1. The average molecular weight is 380 g/mol. The van der Waals surface area contributed by atoms with Gasteiger partial charge in [-0.1, -0.05) is 18.2 Å². The van der Waals surface area contributed by atoms with Gasteiger partial charge in [0.1, 0.15) is 6.54 Å². The maximum Gasteiger partial charge on any atom is 0.337 e. The molecule has 144 valence electrons. The first-order chi connectivity index (χ1) is 13.5. The molecule has 0 aromatic heterocycles. The van der Waals surface area contributed by atoms with Crippen LogP contribution in [0.1, 0.15) is 16.8 Å². The number of methoxy groups -OCH3 is 1. The Bertz CT molecular complexity index is 902. The summed E-state index contributed by atoms with van der Waals surface area (Å²) in [5.74, 6) is -0.688. The van der Waals surface area contributed by atoms with Gasteiger partial charge in [0.2, 0.25) is 17.7 Å². The third kappa shape index (κ3) is 2.42. The molecule has 1 N–H and O–H groups in total. The van der Waals surface area contributed by atoms with Crippen LogP contribution in [0.4, 0.5) is 5.69 Å². The number of hydrogen-bond acceptors (Lipinski definition) is 5. The molecule has 0 radical (unpaired) electrons. The molecule has 1 aromatic rings. The van der Waals surface area contributed by atoms with Gasteiger partial charge < -0.3 is 10.1 Å². The smallest absolute Gasteiger partial charge is 0.337 e. The van der Waals surface area contributed by atoms with E-state index < -0.39 is 11.9 Å². The lowest BCUT2D eigenvalue weighted by atomic mass is 9.63. The molecule has 6 rings (SSSR count). The second-order valence-electron chi connectivity index (χ2n) is 8.04. The van der Waals surface area contributed by atoms with Gasteiger partial charge in [0, 0.05) is 5.69 Å². The van der Waals surface area contributed by atoms with Gasteiger partial charge in [-0.3, -0.25) is 19.3 Å². The SMILES string of the molecule is COC(=O)c1cccc(NC(=O)CN2C(=O)[C@@H]3[C@H]4C=C[C@@H]([C@@H]5C[C@@H]45)[C@@H]3C2=O)c1. The van der Waals surface area contributed by atoms with Crippen LogP contribution in [-0.4, -0.2) is 42.2 Å². The number of benzene rings is 1. The molecule has 1 aliphatic heterocycles. The highest BCUT2D eigenvalue weighted by atomic mass is 16.5. The second kappa shape index (κ2) is 6.02. The zero-order valence-corrected chi connectivity index (χ0v) is 15.3. The summed E-state index contributed by atoms with van der Waals surface area (Å²) in [5.41, 5.74) is 0.717. The largest absolute Gasteiger partial charge is 0.465 e. The lowest BCUT2D eigenvalue weighted by Gasteiger charge is -2.37. The van der Waals surface area contributed by atoms with Crippen LogP contribution >= 0.6 is 0 Å². The molecule has 2 bridgehead atoms. The van der Waals surface area contributed by atoms with E-state index in [1.54, 1.807) is 18.2 Å². The molecule has 7 nitrogen and oxygen atoms in total. The number of amides is 3. The highest BCUT2D eigenvalue weighted by Crippen LogP contribution is 2.65. The number of carbonyl (C=O) groups excluding carboxylic acids is 4. The second-order valence-corrected chi connectivity index (χ2v) is 8.04. The van der Waals surface area contributed by atoms with Crippen molar-refractivity contribution in [2.45, 2.75) is 6.42 Å². The van der Waals surface area contributed by atoms with Crippen LogP contribution in [0, 0.1) is 35.5 Å². The van der Waals surface area contributed by atoms with E-state index in [4.69, 9.17) is 0 Å². The van der Waals surface area contributed by atoms with Crippen molar-refractivity contribution in [3.63, 3.8) is 0 Å². The van der Waals surface area contributed by atoms with E-state index in [1.165, 1.54) is 13.2 Å². The summed E-state index contributed by atoms with van der Waals surface area (Å²) < 4.78 is 4.67. The molecule has 4 aliphatic carbocycles. The number of nitrogens with one attached hydrogen (secondary N) is 1.